The van der Waals surface area contributed by atoms with E-state index in [2.05, 4.69) is 79.0 Å². The van der Waals surface area contributed by atoms with E-state index in [-0.39, 0.29) is 6.42 Å². The van der Waals surface area contributed by atoms with Crippen LogP contribution in [0.5, 0.6) is 0 Å². The molecule has 0 spiro atoms. The molecule has 1 aliphatic rings. The Balaban J connectivity index is 1.38. The Morgan fingerprint density at radius 1 is 1.03 bits per heavy atom. The maximum Gasteiger partial charge on any atom is 0.303 e. The molecular formula is C26H29NO2. The second-order valence-electron chi connectivity index (χ2n) is 8.30. The average molecular weight is 388 g/mol. The smallest absolute Gasteiger partial charge is 0.303 e. The summed E-state index contributed by atoms with van der Waals surface area (Å²) in [6.07, 6.45) is 4.35. The van der Waals surface area contributed by atoms with Crippen molar-refractivity contribution in [3.8, 4) is 0 Å². The summed E-state index contributed by atoms with van der Waals surface area (Å²) in [4.78, 5) is 10.7. The quantitative estimate of drug-likeness (QED) is 0.535. The lowest BCUT2D eigenvalue weighted by Crippen LogP contribution is -2.29. The van der Waals surface area contributed by atoms with Crippen LogP contribution in [-0.2, 0) is 11.2 Å². The molecule has 4 rings (SSSR count). The number of hydrogen-bond acceptors (Lipinski definition) is 2. The topological polar surface area (TPSA) is 49.3 Å². The van der Waals surface area contributed by atoms with Crippen LogP contribution in [0.2, 0.25) is 0 Å². The lowest BCUT2D eigenvalue weighted by Gasteiger charge is -2.21. The molecule has 29 heavy (non-hydrogen) atoms. The van der Waals surface area contributed by atoms with Gasteiger partial charge in [0.1, 0.15) is 0 Å². The molecule has 0 aromatic heterocycles. The van der Waals surface area contributed by atoms with Crippen molar-refractivity contribution < 1.29 is 9.90 Å². The first-order chi connectivity index (χ1) is 14.1. The molecule has 3 heteroatoms. The maximum atomic E-state index is 10.7. The fourth-order valence-corrected chi connectivity index (χ4v) is 4.71. The summed E-state index contributed by atoms with van der Waals surface area (Å²) < 4.78 is 0. The van der Waals surface area contributed by atoms with E-state index in [1.165, 1.54) is 34.7 Å². The van der Waals surface area contributed by atoms with Crippen molar-refractivity contribution >= 4 is 16.7 Å². The largest absolute Gasteiger partial charge is 0.481 e. The number of benzene rings is 3. The Bertz CT molecular complexity index is 974. The summed E-state index contributed by atoms with van der Waals surface area (Å²) in [5, 5.41) is 15.3. The van der Waals surface area contributed by atoms with E-state index in [0.717, 1.165) is 12.0 Å². The third-order valence-corrected chi connectivity index (χ3v) is 6.29. The van der Waals surface area contributed by atoms with Gasteiger partial charge in [-0.2, -0.15) is 0 Å². The number of aliphatic carboxylic acids is 1. The van der Waals surface area contributed by atoms with Gasteiger partial charge in [-0.15, -0.1) is 0 Å². The van der Waals surface area contributed by atoms with Crippen LogP contribution in [0.25, 0.3) is 10.8 Å². The number of carboxylic acid groups (broad SMARTS) is 1. The predicted octanol–water partition coefficient (Wildman–Crippen LogP) is 5.84. The summed E-state index contributed by atoms with van der Waals surface area (Å²) in [5.74, 6) is -0.153. The van der Waals surface area contributed by atoms with E-state index >= 15 is 0 Å². The normalized spacial score (nSPS) is 20.0. The molecule has 0 saturated heterocycles. The molecule has 0 aliphatic heterocycles. The summed E-state index contributed by atoms with van der Waals surface area (Å²) in [5.41, 5.74) is 3.86. The Morgan fingerprint density at radius 3 is 2.59 bits per heavy atom. The molecule has 0 bridgehead atoms. The van der Waals surface area contributed by atoms with Gasteiger partial charge in [0.2, 0.25) is 0 Å². The molecule has 0 amide bonds. The second-order valence-corrected chi connectivity index (χ2v) is 8.30. The fourth-order valence-electron chi connectivity index (χ4n) is 4.71. The monoisotopic (exact) mass is 387 g/mol. The number of fused-ring (bicyclic) bond motifs is 1. The van der Waals surface area contributed by atoms with Crippen LogP contribution < -0.4 is 5.32 Å². The molecule has 3 atom stereocenters. The van der Waals surface area contributed by atoms with Crippen LogP contribution in [0.3, 0.4) is 0 Å². The minimum absolute atomic E-state index is 0.195. The SMILES string of the molecule is C[C@@H](N[C@H]1CC[C@@H](c2ccc(CCC(=O)O)cc2)C1)c1cccc2ccccc12. The minimum Gasteiger partial charge on any atom is -0.481 e. The van der Waals surface area contributed by atoms with E-state index < -0.39 is 5.97 Å². The molecule has 0 radical (unpaired) electrons. The molecule has 3 aromatic carbocycles. The Labute approximate surface area is 172 Å². The summed E-state index contributed by atoms with van der Waals surface area (Å²) >= 11 is 0. The highest BCUT2D eigenvalue weighted by molar-refractivity contribution is 5.86. The third-order valence-electron chi connectivity index (χ3n) is 6.29. The maximum absolute atomic E-state index is 10.7. The molecular weight excluding hydrogens is 358 g/mol. The van der Waals surface area contributed by atoms with Crippen molar-refractivity contribution in [2.24, 2.45) is 0 Å². The van der Waals surface area contributed by atoms with Crippen molar-refractivity contribution in [1.82, 2.24) is 5.32 Å². The van der Waals surface area contributed by atoms with Gasteiger partial charge >= 0.3 is 5.97 Å². The van der Waals surface area contributed by atoms with Crippen molar-refractivity contribution in [3.05, 3.63) is 83.4 Å². The van der Waals surface area contributed by atoms with E-state index in [0.29, 0.717) is 24.4 Å². The zero-order chi connectivity index (χ0) is 20.2. The molecule has 3 aromatic rings. The van der Waals surface area contributed by atoms with Gasteiger partial charge in [0.05, 0.1) is 0 Å². The Morgan fingerprint density at radius 2 is 1.79 bits per heavy atom. The molecule has 1 saturated carbocycles. The van der Waals surface area contributed by atoms with Gasteiger partial charge < -0.3 is 10.4 Å². The molecule has 2 N–H and O–H groups in total. The van der Waals surface area contributed by atoms with Crippen molar-refractivity contribution in [2.45, 2.75) is 57.0 Å². The standard InChI is InChI=1S/C26H29NO2/c1-18(24-8-4-6-21-5-2-3-7-25(21)24)27-23-15-14-22(17-23)20-12-9-19(10-13-20)11-16-26(28)29/h2-10,12-13,18,22-23,27H,11,14-17H2,1H3,(H,28,29)/t18-,22-,23+/m1/s1. The minimum atomic E-state index is -0.737. The number of carboxylic acids is 1. The number of nitrogens with one attached hydrogen (secondary N) is 1. The van der Waals surface area contributed by atoms with Crippen molar-refractivity contribution in [2.75, 3.05) is 0 Å². The first-order valence-corrected chi connectivity index (χ1v) is 10.6. The van der Waals surface area contributed by atoms with Crippen molar-refractivity contribution in [1.29, 1.82) is 0 Å². The van der Waals surface area contributed by atoms with E-state index in [4.69, 9.17) is 5.11 Å². The first kappa shape index (κ1) is 19.7. The van der Waals surface area contributed by atoms with Crippen LogP contribution in [0.4, 0.5) is 0 Å². The van der Waals surface area contributed by atoms with Crippen LogP contribution in [0, 0.1) is 0 Å². The highest BCUT2D eigenvalue weighted by Gasteiger charge is 2.27. The van der Waals surface area contributed by atoms with Gasteiger partial charge in [0, 0.05) is 18.5 Å². The number of aryl methyl sites for hydroxylation is 1. The van der Waals surface area contributed by atoms with Gasteiger partial charge in [-0.05, 0) is 66.0 Å². The molecule has 150 valence electrons. The predicted molar refractivity (Wildman–Crippen MR) is 118 cm³/mol. The highest BCUT2D eigenvalue weighted by Crippen LogP contribution is 2.36. The van der Waals surface area contributed by atoms with E-state index in [9.17, 15) is 4.79 Å². The average Bonchev–Trinajstić information content (AvgIpc) is 3.20. The van der Waals surface area contributed by atoms with Gasteiger partial charge in [-0.1, -0.05) is 66.7 Å². The van der Waals surface area contributed by atoms with Gasteiger partial charge in [-0.3, -0.25) is 4.79 Å². The number of carbonyl (C=O) groups is 1. The zero-order valence-corrected chi connectivity index (χ0v) is 17.0. The van der Waals surface area contributed by atoms with Crippen LogP contribution in [0.1, 0.15) is 61.3 Å². The van der Waals surface area contributed by atoms with Crippen molar-refractivity contribution in [3.63, 3.8) is 0 Å². The van der Waals surface area contributed by atoms with Crippen LogP contribution in [-0.4, -0.2) is 17.1 Å². The molecule has 1 fully saturated rings. The lowest BCUT2D eigenvalue weighted by atomic mass is 9.95. The van der Waals surface area contributed by atoms with Crippen LogP contribution >= 0.6 is 0 Å². The summed E-state index contributed by atoms with van der Waals surface area (Å²) in [7, 11) is 0. The summed E-state index contributed by atoms with van der Waals surface area (Å²) in [6.45, 7) is 2.27. The van der Waals surface area contributed by atoms with Gasteiger partial charge in [0.15, 0.2) is 0 Å². The zero-order valence-electron chi connectivity index (χ0n) is 17.0. The molecule has 0 heterocycles. The number of hydrogen-bond donors (Lipinski definition) is 2. The Hall–Kier alpha value is -2.65. The van der Waals surface area contributed by atoms with E-state index in [1.807, 2.05) is 0 Å². The molecule has 0 unspecified atom stereocenters. The fraction of sp³-hybridized carbons (Fsp3) is 0.346. The first-order valence-electron chi connectivity index (χ1n) is 10.6. The molecule has 1 aliphatic carbocycles. The van der Waals surface area contributed by atoms with E-state index in [1.54, 1.807) is 0 Å². The highest BCUT2D eigenvalue weighted by atomic mass is 16.4. The number of rotatable bonds is 7. The van der Waals surface area contributed by atoms with Crippen LogP contribution in [0.15, 0.2) is 66.7 Å². The third kappa shape index (κ3) is 4.68. The Kier molecular flexibility index (Phi) is 5.96. The summed E-state index contributed by atoms with van der Waals surface area (Å²) in [6, 6.07) is 24.6. The second kappa shape index (κ2) is 8.79. The molecule has 3 nitrogen and oxygen atoms in total. The van der Waals surface area contributed by atoms with Gasteiger partial charge in [-0.25, -0.2) is 0 Å². The van der Waals surface area contributed by atoms with Gasteiger partial charge in [0.25, 0.3) is 0 Å². The lowest BCUT2D eigenvalue weighted by molar-refractivity contribution is -0.136.